The summed E-state index contributed by atoms with van der Waals surface area (Å²) in [4.78, 5) is 26.2. The third-order valence-electron chi connectivity index (χ3n) is 4.97. The van der Waals surface area contributed by atoms with Crippen LogP contribution in [-0.4, -0.2) is 42.2 Å². The van der Waals surface area contributed by atoms with E-state index in [4.69, 9.17) is 9.15 Å². The van der Waals surface area contributed by atoms with Gasteiger partial charge >= 0.3 is 5.97 Å². The third kappa shape index (κ3) is 4.67. The van der Waals surface area contributed by atoms with Gasteiger partial charge in [-0.15, -0.1) is 0 Å². The number of hydrogen-bond donors (Lipinski definition) is 0. The average Bonchev–Trinajstić information content (AvgIpc) is 3.05. The SMILES string of the molecule is C[C@H](OC(=O)c1oc2ccccc2c1CSC1CCCCC1)C(=O)N(C)C. The van der Waals surface area contributed by atoms with E-state index >= 15 is 0 Å². The predicted octanol–water partition coefficient (Wildman–Crippen LogP) is 4.63. The second-order valence-electron chi connectivity index (χ2n) is 7.26. The average molecular weight is 390 g/mol. The quantitative estimate of drug-likeness (QED) is 0.674. The van der Waals surface area contributed by atoms with Gasteiger partial charge in [-0.1, -0.05) is 37.5 Å². The molecule has 1 amide bonds. The van der Waals surface area contributed by atoms with Gasteiger partial charge < -0.3 is 14.1 Å². The summed E-state index contributed by atoms with van der Waals surface area (Å²) in [5.74, 6) is 0.103. The van der Waals surface area contributed by atoms with Gasteiger partial charge in [0.05, 0.1) is 0 Å². The van der Waals surface area contributed by atoms with Gasteiger partial charge in [0.2, 0.25) is 5.76 Å². The summed E-state index contributed by atoms with van der Waals surface area (Å²) in [7, 11) is 3.28. The van der Waals surface area contributed by atoms with Gasteiger partial charge in [0.25, 0.3) is 5.91 Å². The molecular formula is C21H27NO4S. The van der Waals surface area contributed by atoms with E-state index in [9.17, 15) is 9.59 Å². The van der Waals surface area contributed by atoms with Crippen molar-refractivity contribution in [1.29, 1.82) is 0 Å². The first-order valence-corrected chi connectivity index (χ1v) is 10.6. The molecule has 0 spiro atoms. The number of hydrogen-bond acceptors (Lipinski definition) is 5. The highest BCUT2D eigenvalue weighted by Crippen LogP contribution is 2.35. The Labute approximate surface area is 164 Å². The number of thioether (sulfide) groups is 1. The predicted molar refractivity (Wildman–Crippen MR) is 108 cm³/mol. The fourth-order valence-corrected chi connectivity index (χ4v) is 4.82. The van der Waals surface area contributed by atoms with Crippen LogP contribution in [0.3, 0.4) is 0 Å². The molecule has 1 heterocycles. The molecule has 1 aromatic carbocycles. The minimum Gasteiger partial charge on any atom is -0.449 e. The maximum Gasteiger partial charge on any atom is 0.375 e. The van der Waals surface area contributed by atoms with Crippen molar-refractivity contribution in [2.75, 3.05) is 14.1 Å². The number of benzene rings is 1. The van der Waals surface area contributed by atoms with Crippen LogP contribution in [0.15, 0.2) is 28.7 Å². The Balaban J connectivity index is 1.81. The first-order chi connectivity index (χ1) is 13.0. The zero-order chi connectivity index (χ0) is 19.4. The van der Waals surface area contributed by atoms with Crippen molar-refractivity contribution in [3.8, 4) is 0 Å². The van der Waals surface area contributed by atoms with Gasteiger partial charge in [0, 0.05) is 36.0 Å². The maximum atomic E-state index is 12.7. The number of ether oxygens (including phenoxy) is 1. The van der Waals surface area contributed by atoms with Crippen LogP contribution in [0.5, 0.6) is 0 Å². The van der Waals surface area contributed by atoms with Crippen molar-refractivity contribution in [3.05, 3.63) is 35.6 Å². The zero-order valence-electron chi connectivity index (χ0n) is 16.2. The molecule has 6 heteroatoms. The first-order valence-electron chi connectivity index (χ1n) is 9.51. The second kappa shape index (κ2) is 8.83. The van der Waals surface area contributed by atoms with Gasteiger partial charge in [-0.2, -0.15) is 11.8 Å². The van der Waals surface area contributed by atoms with Crippen LogP contribution in [-0.2, 0) is 15.3 Å². The van der Waals surface area contributed by atoms with Crippen molar-refractivity contribution in [2.24, 2.45) is 0 Å². The number of nitrogens with zero attached hydrogens (tertiary/aromatic N) is 1. The van der Waals surface area contributed by atoms with Crippen LogP contribution in [0.4, 0.5) is 0 Å². The molecule has 1 aliphatic rings. The number of fused-ring (bicyclic) bond motifs is 1. The standard InChI is InChI=1S/C21H27NO4S/c1-14(20(23)22(2)3)25-21(24)19-17(13-27-15-9-5-4-6-10-15)16-11-7-8-12-18(16)26-19/h7-8,11-12,14-15H,4-6,9-10,13H2,1-3H3/t14-/m0/s1. The lowest BCUT2D eigenvalue weighted by molar-refractivity contribution is -0.137. The Bertz CT molecular complexity index is 808. The Kier molecular flexibility index (Phi) is 6.47. The summed E-state index contributed by atoms with van der Waals surface area (Å²) in [6.45, 7) is 1.58. The van der Waals surface area contributed by atoms with Crippen molar-refractivity contribution < 1.29 is 18.7 Å². The summed E-state index contributed by atoms with van der Waals surface area (Å²) in [6, 6.07) is 7.66. The highest BCUT2D eigenvalue weighted by atomic mass is 32.2. The molecule has 1 fully saturated rings. The zero-order valence-corrected chi connectivity index (χ0v) is 17.0. The van der Waals surface area contributed by atoms with Crippen molar-refractivity contribution in [2.45, 2.75) is 56.1 Å². The van der Waals surface area contributed by atoms with Crippen LogP contribution in [0.25, 0.3) is 11.0 Å². The monoisotopic (exact) mass is 389 g/mol. The lowest BCUT2D eigenvalue weighted by Crippen LogP contribution is -2.35. The molecule has 146 valence electrons. The second-order valence-corrected chi connectivity index (χ2v) is 8.55. The third-order valence-corrected chi connectivity index (χ3v) is 6.37. The van der Waals surface area contributed by atoms with Crippen LogP contribution in [0, 0.1) is 0 Å². The molecule has 0 saturated heterocycles. The number of carbonyl (C=O) groups excluding carboxylic acids is 2. The number of amides is 1. The van der Waals surface area contributed by atoms with Gasteiger partial charge in [-0.05, 0) is 25.8 Å². The van der Waals surface area contributed by atoms with Crippen LogP contribution >= 0.6 is 11.8 Å². The van der Waals surface area contributed by atoms with E-state index in [0.717, 1.165) is 10.9 Å². The molecule has 27 heavy (non-hydrogen) atoms. The van der Waals surface area contributed by atoms with Crippen LogP contribution in [0.1, 0.15) is 55.1 Å². The molecule has 5 nitrogen and oxygen atoms in total. The minimum atomic E-state index is -0.848. The van der Waals surface area contributed by atoms with E-state index < -0.39 is 12.1 Å². The summed E-state index contributed by atoms with van der Waals surface area (Å²) < 4.78 is 11.2. The summed E-state index contributed by atoms with van der Waals surface area (Å²) >= 11 is 1.89. The lowest BCUT2D eigenvalue weighted by Gasteiger charge is -2.21. The van der Waals surface area contributed by atoms with E-state index in [0.29, 0.717) is 16.6 Å². The van der Waals surface area contributed by atoms with Crippen molar-refractivity contribution in [3.63, 3.8) is 0 Å². The minimum absolute atomic E-state index is 0.220. The Morgan fingerprint density at radius 1 is 1.22 bits per heavy atom. The van der Waals surface area contributed by atoms with Gasteiger partial charge in [0.15, 0.2) is 6.10 Å². The van der Waals surface area contributed by atoms with Gasteiger partial charge in [0.1, 0.15) is 5.58 Å². The summed E-state index contributed by atoms with van der Waals surface area (Å²) in [5, 5.41) is 1.57. The number of rotatable bonds is 6. The molecule has 2 aromatic rings. The molecule has 1 atom stereocenters. The number of para-hydroxylation sites is 1. The molecule has 0 bridgehead atoms. The molecule has 0 radical (unpaired) electrons. The number of esters is 1. The lowest BCUT2D eigenvalue weighted by atomic mass is 10.0. The Morgan fingerprint density at radius 2 is 1.93 bits per heavy atom. The molecular weight excluding hydrogens is 362 g/mol. The number of carbonyl (C=O) groups is 2. The van der Waals surface area contributed by atoms with E-state index in [-0.39, 0.29) is 11.7 Å². The van der Waals surface area contributed by atoms with Crippen LogP contribution in [0.2, 0.25) is 0 Å². The summed E-state index contributed by atoms with van der Waals surface area (Å²) in [5.41, 5.74) is 1.55. The summed E-state index contributed by atoms with van der Waals surface area (Å²) in [6.07, 6.45) is 5.50. The van der Waals surface area contributed by atoms with Crippen molar-refractivity contribution in [1.82, 2.24) is 4.90 Å². The maximum absolute atomic E-state index is 12.7. The molecule has 1 aromatic heterocycles. The highest BCUT2D eigenvalue weighted by molar-refractivity contribution is 7.99. The fraction of sp³-hybridized carbons (Fsp3) is 0.524. The highest BCUT2D eigenvalue weighted by Gasteiger charge is 2.27. The van der Waals surface area contributed by atoms with Crippen molar-refractivity contribution >= 4 is 34.6 Å². The number of furan rings is 1. The van der Waals surface area contributed by atoms with E-state index in [1.165, 1.54) is 37.0 Å². The normalized spacial score (nSPS) is 16.3. The molecule has 0 unspecified atom stereocenters. The smallest absolute Gasteiger partial charge is 0.375 e. The Morgan fingerprint density at radius 3 is 2.63 bits per heavy atom. The fourth-order valence-electron chi connectivity index (χ4n) is 3.47. The van der Waals surface area contributed by atoms with Gasteiger partial charge in [-0.3, -0.25) is 4.79 Å². The van der Waals surface area contributed by atoms with E-state index in [2.05, 4.69) is 0 Å². The number of likely N-dealkylation sites (N-methyl/N-ethyl adjacent to an activating group) is 1. The topological polar surface area (TPSA) is 59.8 Å². The molecule has 0 aliphatic heterocycles. The molecule has 1 saturated carbocycles. The molecule has 0 N–H and O–H groups in total. The first kappa shape index (κ1) is 19.8. The molecule has 1 aliphatic carbocycles. The van der Waals surface area contributed by atoms with E-state index in [1.54, 1.807) is 21.0 Å². The Hall–Kier alpha value is -1.95. The van der Waals surface area contributed by atoms with Gasteiger partial charge in [-0.25, -0.2) is 4.79 Å². The van der Waals surface area contributed by atoms with Crippen LogP contribution < -0.4 is 0 Å². The van der Waals surface area contributed by atoms with E-state index in [1.807, 2.05) is 36.0 Å². The molecule has 3 rings (SSSR count). The largest absolute Gasteiger partial charge is 0.449 e.